The van der Waals surface area contributed by atoms with Crippen LogP contribution in [0.25, 0.3) is 0 Å². The molecule has 0 aromatic heterocycles. The molecule has 0 unspecified atom stereocenters. The molecule has 1 aliphatic heterocycles. The molecule has 1 heterocycles. The van der Waals surface area contributed by atoms with Crippen molar-refractivity contribution in [3.8, 4) is 0 Å². The van der Waals surface area contributed by atoms with Gasteiger partial charge in [-0.05, 0) is 25.0 Å². The third kappa shape index (κ3) is 5.15. The molecule has 1 aromatic carbocycles. The average molecular weight is 338 g/mol. The van der Waals surface area contributed by atoms with Gasteiger partial charge in [-0.25, -0.2) is 0 Å². The second-order valence-electron chi connectivity index (χ2n) is 5.21. The second kappa shape index (κ2) is 7.80. The number of piperidine rings is 1. The van der Waals surface area contributed by atoms with Crippen LogP contribution in [0.4, 0.5) is 18.9 Å². The minimum absolute atomic E-state index is 0. The monoisotopic (exact) mass is 337 g/mol. The van der Waals surface area contributed by atoms with E-state index < -0.39 is 17.6 Å². The van der Waals surface area contributed by atoms with Crippen LogP contribution in [0.1, 0.15) is 18.4 Å². The summed E-state index contributed by atoms with van der Waals surface area (Å²) in [5.41, 5.74) is 4.73. The fraction of sp³-hybridized carbons (Fsp3) is 0.500. The number of benzene rings is 1. The molecular formula is C14H19ClF3N3O. The van der Waals surface area contributed by atoms with Gasteiger partial charge in [-0.3, -0.25) is 9.69 Å². The Kier molecular flexibility index (Phi) is 6.65. The maximum Gasteiger partial charge on any atom is 0.418 e. The Hall–Kier alpha value is -1.31. The normalized spacial score (nSPS) is 16.9. The number of carbonyl (C=O) groups is 1. The van der Waals surface area contributed by atoms with Crippen molar-refractivity contribution in [1.29, 1.82) is 0 Å². The number of likely N-dealkylation sites (tertiary alicyclic amines) is 1. The molecule has 0 saturated carbocycles. The van der Waals surface area contributed by atoms with Gasteiger partial charge in [-0.1, -0.05) is 12.1 Å². The van der Waals surface area contributed by atoms with E-state index in [0.29, 0.717) is 13.1 Å². The summed E-state index contributed by atoms with van der Waals surface area (Å²) >= 11 is 0. The summed E-state index contributed by atoms with van der Waals surface area (Å²) in [7, 11) is 0. The van der Waals surface area contributed by atoms with E-state index in [9.17, 15) is 18.0 Å². The minimum Gasteiger partial charge on any atom is -0.328 e. The summed E-state index contributed by atoms with van der Waals surface area (Å²) in [5.74, 6) is -0.442. The zero-order chi connectivity index (χ0) is 15.5. The van der Waals surface area contributed by atoms with E-state index in [1.54, 1.807) is 0 Å². The van der Waals surface area contributed by atoms with Crippen molar-refractivity contribution in [3.05, 3.63) is 29.8 Å². The lowest BCUT2D eigenvalue weighted by Gasteiger charge is -2.29. The lowest BCUT2D eigenvalue weighted by molar-refractivity contribution is -0.137. The van der Waals surface area contributed by atoms with E-state index >= 15 is 0 Å². The van der Waals surface area contributed by atoms with E-state index in [0.717, 1.165) is 18.9 Å². The van der Waals surface area contributed by atoms with Crippen LogP contribution >= 0.6 is 12.4 Å². The molecule has 4 nitrogen and oxygen atoms in total. The number of nitrogens with one attached hydrogen (secondary N) is 1. The molecule has 0 radical (unpaired) electrons. The summed E-state index contributed by atoms with van der Waals surface area (Å²) in [6, 6.07) is 5.12. The summed E-state index contributed by atoms with van der Waals surface area (Å²) in [5, 5.41) is 2.34. The van der Waals surface area contributed by atoms with Crippen LogP contribution < -0.4 is 11.1 Å². The van der Waals surface area contributed by atoms with Crippen molar-refractivity contribution >= 4 is 24.0 Å². The predicted molar refractivity (Wildman–Crippen MR) is 81.0 cm³/mol. The third-order valence-electron chi connectivity index (χ3n) is 3.51. The molecule has 3 N–H and O–H groups in total. The fourth-order valence-corrected chi connectivity index (χ4v) is 2.34. The first-order chi connectivity index (χ1) is 9.86. The van der Waals surface area contributed by atoms with Gasteiger partial charge in [0.15, 0.2) is 0 Å². The van der Waals surface area contributed by atoms with E-state index in [1.807, 2.05) is 4.90 Å². The number of halogens is 4. The number of carbonyl (C=O) groups excluding carboxylic acids is 1. The standard InChI is InChI=1S/C14H18F3N3O.ClH/c15-14(16,17)11-3-1-2-4-12(11)19-13(21)9-20-7-5-10(18)6-8-20;/h1-4,10H,5-9,18H2,(H,19,21);1H. The fourth-order valence-electron chi connectivity index (χ4n) is 2.34. The Bertz CT molecular complexity index is 502. The molecule has 1 aromatic rings. The first kappa shape index (κ1) is 18.7. The Morgan fingerprint density at radius 1 is 1.27 bits per heavy atom. The van der Waals surface area contributed by atoms with Gasteiger partial charge in [-0.2, -0.15) is 13.2 Å². The number of alkyl halides is 3. The van der Waals surface area contributed by atoms with Crippen molar-refractivity contribution < 1.29 is 18.0 Å². The maximum absolute atomic E-state index is 12.8. The topological polar surface area (TPSA) is 58.4 Å². The van der Waals surface area contributed by atoms with Gasteiger partial charge in [0.25, 0.3) is 0 Å². The SMILES string of the molecule is Cl.NC1CCN(CC(=O)Nc2ccccc2C(F)(F)F)CC1. The number of hydrogen-bond donors (Lipinski definition) is 2. The van der Waals surface area contributed by atoms with Crippen LogP contribution in [0.3, 0.4) is 0 Å². The van der Waals surface area contributed by atoms with Crippen LogP contribution in [0, 0.1) is 0 Å². The highest BCUT2D eigenvalue weighted by molar-refractivity contribution is 5.93. The van der Waals surface area contributed by atoms with Crippen LogP contribution in [-0.4, -0.2) is 36.5 Å². The van der Waals surface area contributed by atoms with Gasteiger partial charge in [-0.15, -0.1) is 12.4 Å². The Balaban J connectivity index is 0.00000242. The number of para-hydroxylation sites is 1. The van der Waals surface area contributed by atoms with Crippen molar-refractivity contribution in [2.45, 2.75) is 25.1 Å². The predicted octanol–water partition coefficient (Wildman–Crippen LogP) is 2.49. The molecule has 1 fully saturated rings. The molecule has 1 amide bonds. The second-order valence-corrected chi connectivity index (χ2v) is 5.21. The highest BCUT2D eigenvalue weighted by Gasteiger charge is 2.33. The number of nitrogens with two attached hydrogens (primary N) is 1. The third-order valence-corrected chi connectivity index (χ3v) is 3.51. The van der Waals surface area contributed by atoms with Gasteiger partial charge in [0.05, 0.1) is 17.8 Å². The van der Waals surface area contributed by atoms with Crippen LogP contribution in [0.2, 0.25) is 0 Å². The summed E-state index contributed by atoms with van der Waals surface area (Å²) in [4.78, 5) is 13.8. The summed E-state index contributed by atoms with van der Waals surface area (Å²) in [6.45, 7) is 1.46. The van der Waals surface area contributed by atoms with E-state index in [1.165, 1.54) is 18.2 Å². The lowest BCUT2D eigenvalue weighted by atomic mass is 10.1. The number of nitrogens with zero attached hydrogens (tertiary/aromatic N) is 1. The largest absolute Gasteiger partial charge is 0.418 e. The highest BCUT2D eigenvalue weighted by atomic mass is 35.5. The van der Waals surface area contributed by atoms with E-state index in [4.69, 9.17) is 5.73 Å². The molecule has 2 rings (SSSR count). The van der Waals surface area contributed by atoms with Crippen molar-refractivity contribution in [2.75, 3.05) is 25.0 Å². The molecule has 1 aliphatic rings. The molecule has 124 valence electrons. The first-order valence-corrected chi connectivity index (χ1v) is 6.80. The molecule has 22 heavy (non-hydrogen) atoms. The van der Waals surface area contributed by atoms with Gasteiger partial charge in [0.2, 0.25) is 5.91 Å². The lowest BCUT2D eigenvalue weighted by Crippen LogP contribution is -2.43. The Morgan fingerprint density at radius 3 is 2.45 bits per heavy atom. The average Bonchev–Trinajstić information content (AvgIpc) is 2.41. The van der Waals surface area contributed by atoms with E-state index in [-0.39, 0.29) is 30.7 Å². The summed E-state index contributed by atoms with van der Waals surface area (Å²) in [6.07, 6.45) is -2.89. The maximum atomic E-state index is 12.8. The number of hydrogen-bond acceptors (Lipinski definition) is 3. The van der Waals surface area contributed by atoms with Crippen LogP contribution in [0.5, 0.6) is 0 Å². The van der Waals surface area contributed by atoms with Crippen molar-refractivity contribution in [1.82, 2.24) is 4.90 Å². The molecule has 0 aliphatic carbocycles. The molecule has 1 saturated heterocycles. The number of amides is 1. The zero-order valence-corrected chi connectivity index (χ0v) is 12.7. The van der Waals surface area contributed by atoms with Gasteiger partial charge < -0.3 is 11.1 Å². The minimum atomic E-state index is -4.48. The van der Waals surface area contributed by atoms with Crippen molar-refractivity contribution in [2.24, 2.45) is 5.73 Å². The van der Waals surface area contributed by atoms with Gasteiger partial charge in [0.1, 0.15) is 0 Å². The number of rotatable bonds is 3. The number of anilines is 1. The molecular weight excluding hydrogens is 319 g/mol. The van der Waals surface area contributed by atoms with Gasteiger partial charge in [0, 0.05) is 19.1 Å². The summed E-state index contributed by atoms with van der Waals surface area (Å²) < 4.78 is 38.5. The van der Waals surface area contributed by atoms with Gasteiger partial charge >= 0.3 is 6.18 Å². The van der Waals surface area contributed by atoms with E-state index in [2.05, 4.69) is 5.32 Å². The first-order valence-electron chi connectivity index (χ1n) is 6.80. The van der Waals surface area contributed by atoms with Crippen molar-refractivity contribution in [3.63, 3.8) is 0 Å². The highest BCUT2D eigenvalue weighted by Crippen LogP contribution is 2.34. The molecule has 8 heteroatoms. The van der Waals surface area contributed by atoms with Crippen LogP contribution in [-0.2, 0) is 11.0 Å². The quantitative estimate of drug-likeness (QED) is 0.891. The Morgan fingerprint density at radius 2 is 1.86 bits per heavy atom. The Labute approximate surface area is 133 Å². The smallest absolute Gasteiger partial charge is 0.328 e. The molecule has 0 spiro atoms. The molecule has 0 atom stereocenters. The van der Waals surface area contributed by atoms with Crippen LogP contribution in [0.15, 0.2) is 24.3 Å². The molecule has 0 bridgehead atoms. The zero-order valence-electron chi connectivity index (χ0n) is 11.9.